The highest BCUT2D eigenvalue weighted by atomic mass is 16.6. The lowest BCUT2D eigenvalue weighted by Gasteiger charge is -2.26. The highest BCUT2D eigenvalue weighted by molar-refractivity contribution is 6.04. The van der Waals surface area contributed by atoms with Crippen molar-refractivity contribution in [1.82, 2.24) is 5.32 Å². The summed E-state index contributed by atoms with van der Waals surface area (Å²) in [6, 6.07) is 15.4. The Kier molecular flexibility index (Phi) is 10.3. The van der Waals surface area contributed by atoms with Crippen molar-refractivity contribution in [3.8, 4) is 5.75 Å². The lowest BCUT2D eigenvalue weighted by molar-refractivity contribution is -0.157. The molecule has 38 heavy (non-hydrogen) atoms. The fraction of sp³-hybridized carbons (Fsp3) is 0.429. The molecule has 1 N–H and O–H groups in total. The van der Waals surface area contributed by atoms with Crippen LogP contribution in [-0.4, -0.2) is 61.8 Å². The van der Waals surface area contributed by atoms with E-state index in [0.29, 0.717) is 17.1 Å². The molecule has 0 saturated heterocycles. The number of amides is 3. The predicted molar refractivity (Wildman–Crippen MR) is 144 cm³/mol. The number of alkyl carbamates (subject to hydrolysis) is 1. The van der Waals surface area contributed by atoms with Gasteiger partial charge in [0.15, 0.2) is 6.61 Å². The highest BCUT2D eigenvalue weighted by Crippen LogP contribution is 2.23. The molecular weight excluding hydrogens is 490 g/mol. The van der Waals surface area contributed by atoms with Gasteiger partial charge in [-0.1, -0.05) is 24.3 Å². The maximum absolute atomic E-state index is 13.2. The molecule has 10 nitrogen and oxygen atoms in total. The fourth-order valence-electron chi connectivity index (χ4n) is 3.17. The maximum atomic E-state index is 13.2. The van der Waals surface area contributed by atoms with Gasteiger partial charge in [-0.25, -0.2) is 9.59 Å². The van der Waals surface area contributed by atoms with Crippen LogP contribution in [0.2, 0.25) is 0 Å². The molecule has 0 aromatic heterocycles. The van der Waals surface area contributed by atoms with Crippen LogP contribution >= 0.6 is 0 Å². The van der Waals surface area contributed by atoms with Crippen molar-refractivity contribution in [2.75, 3.05) is 36.5 Å². The number of benzene rings is 2. The first-order valence-electron chi connectivity index (χ1n) is 12.2. The molecule has 2 aromatic rings. The minimum Gasteiger partial charge on any atom is -0.482 e. The highest BCUT2D eigenvalue weighted by Gasteiger charge is 2.24. The normalized spacial score (nSPS) is 11.2. The first-order valence-corrected chi connectivity index (χ1v) is 12.2. The van der Waals surface area contributed by atoms with Crippen molar-refractivity contribution in [2.45, 2.75) is 52.7 Å². The van der Waals surface area contributed by atoms with Crippen LogP contribution in [0.15, 0.2) is 54.6 Å². The Morgan fingerprint density at radius 2 is 1.39 bits per heavy atom. The largest absolute Gasteiger partial charge is 0.482 e. The van der Waals surface area contributed by atoms with Gasteiger partial charge in [-0.05, 0) is 65.8 Å². The van der Waals surface area contributed by atoms with Gasteiger partial charge in [0.2, 0.25) is 11.8 Å². The second-order valence-electron chi connectivity index (χ2n) is 10.5. The van der Waals surface area contributed by atoms with E-state index in [9.17, 15) is 19.2 Å². The molecule has 10 heteroatoms. The van der Waals surface area contributed by atoms with Gasteiger partial charge < -0.3 is 29.3 Å². The molecule has 0 atom stereocenters. The van der Waals surface area contributed by atoms with E-state index in [0.717, 1.165) is 0 Å². The first kappa shape index (κ1) is 30.1. The van der Waals surface area contributed by atoms with Gasteiger partial charge in [0, 0.05) is 24.5 Å². The summed E-state index contributed by atoms with van der Waals surface area (Å²) in [5.41, 5.74) is -0.387. The summed E-state index contributed by atoms with van der Waals surface area (Å²) >= 11 is 0. The van der Waals surface area contributed by atoms with Crippen LogP contribution in [-0.2, 0) is 23.9 Å². The fourth-order valence-corrected chi connectivity index (χ4v) is 3.17. The molecule has 206 valence electrons. The second-order valence-corrected chi connectivity index (χ2v) is 10.5. The number of ether oxygens (including phenoxy) is 3. The zero-order chi connectivity index (χ0) is 28.5. The molecule has 0 aliphatic rings. The molecule has 0 unspecified atom stereocenters. The van der Waals surface area contributed by atoms with Crippen LogP contribution in [0.1, 0.15) is 41.5 Å². The third-order valence-corrected chi connectivity index (χ3v) is 4.80. The molecular formula is C28H37N3O7. The molecule has 0 aliphatic heterocycles. The summed E-state index contributed by atoms with van der Waals surface area (Å²) in [6.45, 7) is 9.35. The van der Waals surface area contributed by atoms with Gasteiger partial charge >= 0.3 is 12.1 Å². The summed E-state index contributed by atoms with van der Waals surface area (Å²) in [5, 5.41) is 2.43. The molecule has 0 bridgehead atoms. The molecule has 2 aromatic carbocycles. The molecule has 0 saturated carbocycles. The first-order chi connectivity index (χ1) is 17.6. The smallest absolute Gasteiger partial charge is 0.408 e. The zero-order valence-electron chi connectivity index (χ0n) is 23.1. The van der Waals surface area contributed by atoms with Gasteiger partial charge in [-0.2, -0.15) is 0 Å². The van der Waals surface area contributed by atoms with E-state index in [1.54, 1.807) is 91.1 Å². The standard InChI is InChI=1S/C28H37N3O7/c1-27(2,3)37-25(34)19-36-22-15-11-14-21(16-22)31(23(32)17-29-26(35)38-28(4,5)6)18-24(33)30(7)20-12-9-8-10-13-20/h8-16H,17-19H2,1-7H3,(H,29,35). The average Bonchev–Trinajstić information content (AvgIpc) is 2.82. The van der Waals surface area contributed by atoms with Crippen molar-refractivity contribution in [2.24, 2.45) is 0 Å². The number of hydrogen-bond acceptors (Lipinski definition) is 7. The molecule has 2 rings (SSSR count). The number of para-hydroxylation sites is 1. The summed E-state index contributed by atoms with van der Waals surface area (Å²) in [4.78, 5) is 53.1. The lowest BCUT2D eigenvalue weighted by atomic mass is 10.2. The van der Waals surface area contributed by atoms with Crippen molar-refractivity contribution in [3.05, 3.63) is 54.6 Å². The van der Waals surface area contributed by atoms with Gasteiger partial charge in [0.05, 0.1) is 0 Å². The lowest BCUT2D eigenvalue weighted by Crippen LogP contribution is -2.46. The van der Waals surface area contributed by atoms with Crippen molar-refractivity contribution < 1.29 is 33.4 Å². The number of esters is 1. The number of carbonyl (C=O) groups is 4. The molecule has 0 heterocycles. The van der Waals surface area contributed by atoms with Crippen LogP contribution in [0.3, 0.4) is 0 Å². The molecule has 3 amide bonds. The van der Waals surface area contributed by atoms with Gasteiger partial charge in [0.1, 0.15) is 30.0 Å². The number of carbonyl (C=O) groups excluding carboxylic acids is 4. The van der Waals surface area contributed by atoms with Crippen molar-refractivity contribution >= 4 is 35.3 Å². The average molecular weight is 528 g/mol. The van der Waals surface area contributed by atoms with E-state index in [4.69, 9.17) is 14.2 Å². The van der Waals surface area contributed by atoms with Gasteiger partial charge in [-0.15, -0.1) is 0 Å². The van der Waals surface area contributed by atoms with E-state index >= 15 is 0 Å². The van der Waals surface area contributed by atoms with Gasteiger partial charge in [0.25, 0.3) is 0 Å². The number of nitrogens with zero attached hydrogens (tertiary/aromatic N) is 2. The zero-order valence-corrected chi connectivity index (χ0v) is 23.1. The minimum atomic E-state index is -0.757. The monoisotopic (exact) mass is 527 g/mol. The Bertz CT molecular complexity index is 1120. The van der Waals surface area contributed by atoms with Crippen LogP contribution in [0.4, 0.5) is 16.2 Å². The number of rotatable bonds is 9. The Balaban J connectivity index is 2.22. The maximum Gasteiger partial charge on any atom is 0.408 e. The number of nitrogens with one attached hydrogen (secondary N) is 1. The number of likely N-dealkylation sites (N-methyl/N-ethyl adjacent to an activating group) is 1. The second kappa shape index (κ2) is 12.9. The quantitative estimate of drug-likeness (QED) is 0.492. The third kappa shape index (κ3) is 10.5. The summed E-state index contributed by atoms with van der Waals surface area (Å²) in [7, 11) is 1.61. The number of hydrogen-bond donors (Lipinski definition) is 1. The topological polar surface area (TPSA) is 114 Å². The summed E-state index contributed by atoms with van der Waals surface area (Å²) in [5.74, 6) is -1.15. The molecule has 0 radical (unpaired) electrons. The molecule has 0 aliphatic carbocycles. The number of anilines is 2. The van der Waals surface area contributed by atoms with Crippen LogP contribution in [0, 0.1) is 0 Å². The Labute approximate surface area is 223 Å². The Hall–Kier alpha value is -4.08. The third-order valence-electron chi connectivity index (χ3n) is 4.80. The SMILES string of the molecule is CN(C(=O)CN(C(=O)CNC(=O)OC(C)(C)C)c1cccc(OCC(=O)OC(C)(C)C)c1)c1ccccc1. The summed E-state index contributed by atoms with van der Waals surface area (Å²) in [6.07, 6.45) is -0.757. The van der Waals surface area contributed by atoms with E-state index in [1.165, 1.54) is 15.9 Å². The summed E-state index contributed by atoms with van der Waals surface area (Å²) < 4.78 is 16.0. The van der Waals surface area contributed by atoms with E-state index < -0.39 is 35.7 Å². The Morgan fingerprint density at radius 1 is 0.789 bits per heavy atom. The van der Waals surface area contributed by atoms with Crippen molar-refractivity contribution in [3.63, 3.8) is 0 Å². The minimum absolute atomic E-state index is 0.301. The van der Waals surface area contributed by atoms with Crippen LogP contribution < -0.4 is 19.9 Å². The van der Waals surface area contributed by atoms with Crippen LogP contribution in [0.5, 0.6) is 5.75 Å². The van der Waals surface area contributed by atoms with Gasteiger partial charge in [-0.3, -0.25) is 9.59 Å². The Morgan fingerprint density at radius 3 is 2.00 bits per heavy atom. The van der Waals surface area contributed by atoms with E-state index in [-0.39, 0.29) is 19.1 Å². The molecule has 0 fully saturated rings. The molecule has 0 spiro atoms. The van der Waals surface area contributed by atoms with E-state index in [2.05, 4.69) is 5.32 Å². The predicted octanol–water partition coefficient (Wildman–Crippen LogP) is 3.93. The van der Waals surface area contributed by atoms with Crippen molar-refractivity contribution in [1.29, 1.82) is 0 Å². The van der Waals surface area contributed by atoms with Crippen LogP contribution in [0.25, 0.3) is 0 Å². The van der Waals surface area contributed by atoms with E-state index in [1.807, 2.05) is 6.07 Å².